The van der Waals surface area contributed by atoms with Gasteiger partial charge in [0.1, 0.15) is 0 Å². The van der Waals surface area contributed by atoms with Crippen LogP contribution in [0.5, 0.6) is 0 Å². The van der Waals surface area contributed by atoms with Crippen LogP contribution in [-0.4, -0.2) is 58.9 Å². The Balaban J connectivity index is 1.86. The van der Waals surface area contributed by atoms with Crippen LogP contribution in [0.1, 0.15) is 25.3 Å². The predicted octanol–water partition coefficient (Wildman–Crippen LogP) is 0.293. The molecule has 0 unspecified atom stereocenters. The van der Waals surface area contributed by atoms with Crippen LogP contribution in [0.2, 0.25) is 0 Å². The molecule has 1 aliphatic heterocycles. The number of nitrogens with one attached hydrogen (secondary N) is 2. The average Bonchev–Trinajstić information content (AvgIpc) is 2.59. The molecule has 0 saturated carbocycles. The molecule has 6 nitrogen and oxygen atoms in total. The van der Waals surface area contributed by atoms with E-state index in [0.29, 0.717) is 43.3 Å². The largest absolute Gasteiger partial charge is 0.355 e. The number of carbonyl (C=O) groups is 1. The van der Waals surface area contributed by atoms with Crippen molar-refractivity contribution in [2.45, 2.75) is 31.6 Å². The number of aryl methyl sites for hydroxylation is 1. The highest BCUT2D eigenvalue weighted by atomic mass is 32.2. The fourth-order valence-electron chi connectivity index (χ4n) is 3.41. The van der Waals surface area contributed by atoms with Crippen LogP contribution in [0.3, 0.4) is 0 Å². The zero-order valence-corrected chi connectivity index (χ0v) is 17.1. The third kappa shape index (κ3) is 5.53. The van der Waals surface area contributed by atoms with Crippen LogP contribution in [0.4, 0.5) is 0 Å². The van der Waals surface area contributed by atoms with Crippen LogP contribution in [0, 0.1) is 18.8 Å². The number of piperidine rings is 1. The van der Waals surface area contributed by atoms with Crippen molar-refractivity contribution >= 4 is 15.9 Å². The number of sulfonamides is 1. The van der Waals surface area contributed by atoms with E-state index in [9.17, 15) is 13.2 Å². The molecule has 146 valence electrons. The van der Waals surface area contributed by atoms with E-state index in [2.05, 4.69) is 26.3 Å². The number of amides is 1. The first-order chi connectivity index (χ1) is 12.2. The monoisotopic (exact) mass is 382 g/mol. The van der Waals surface area contributed by atoms with Gasteiger partial charge in [-0.1, -0.05) is 24.6 Å². The molecule has 1 amide bonds. The Morgan fingerprint density at radius 2 is 1.81 bits per heavy atom. The Labute approximate surface area is 157 Å². The van der Waals surface area contributed by atoms with E-state index < -0.39 is 10.0 Å². The minimum absolute atomic E-state index is 0.0537. The summed E-state index contributed by atoms with van der Waals surface area (Å²) < 4.78 is 26.9. The highest BCUT2D eigenvalue weighted by Crippen LogP contribution is 2.24. The van der Waals surface area contributed by atoms with Gasteiger partial charge < -0.3 is 10.2 Å². The zero-order chi connectivity index (χ0) is 19.3. The van der Waals surface area contributed by atoms with Crippen LogP contribution in [0.25, 0.3) is 0 Å². The van der Waals surface area contributed by atoms with Crippen LogP contribution >= 0.6 is 0 Å². The SMILES string of the molecule is Cc1ccc(S(=O)(=O)N2CCC(C(=O)NC[C@@H](C)C[NH+](C)C)CC2)cc1. The summed E-state index contributed by atoms with van der Waals surface area (Å²) in [6.07, 6.45) is 1.15. The van der Waals surface area contributed by atoms with Crippen molar-refractivity contribution < 1.29 is 18.1 Å². The summed E-state index contributed by atoms with van der Waals surface area (Å²) in [5, 5.41) is 3.03. The maximum absolute atomic E-state index is 12.7. The molecule has 1 saturated heterocycles. The summed E-state index contributed by atoms with van der Waals surface area (Å²) in [7, 11) is 0.731. The molecule has 1 aliphatic rings. The molecule has 1 heterocycles. The Morgan fingerprint density at radius 1 is 1.23 bits per heavy atom. The van der Waals surface area contributed by atoms with E-state index >= 15 is 0 Å². The van der Waals surface area contributed by atoms with Crippen LogP contribution in [-0.2, 0) is 14.8 Å². The Hall–Kier alpha value is -1.44. The van der Waals surface area contributed by atoms with Gasteiger partial charge in [-0.2, -0.15) is 4.31 Å². The summed E-state index contributed by atoms with van der Waals surface area (Å²) in [6.45, 7) is 6.53. The van der Waals surface area contributed by atoms with Crippen molar-refractivity contribution in [2.75, 3.05) is 40.3 Å². The molecule has 0 bridgehead atoms. The van der Waals surface area contributed by atoms with Gasteiger partial charge in [-0.3, -0.25) is 4.79 Å². The van der Waals surface area contributed by atoms with E-state index in [1.165, 1.54) is 9.21 Å². The number of benzene rings is 1. The molecule has 0 aliphatic carbocycles. The molecule has 2 rings (SSSR count). The van der Waals surface area contributed by atoms with Crippen LogP contribution < -0.4 is 10.2 Å². The van der Waals surface area contributed by atoms with Crippen molar-refractivity contribution in [1.29, 1.82) is 0 Å². The number of hydrogen-bond donors (Lipinski definition) is 2. The minimum Gasteiger partial charge on any atom is -0.355 e. The van der Waals surface area contributed by atoms with Gasteiger partial charge in [-0.05, 0) is 31.9 Å². The maximum Gasteiger partial charge on any atom is 0.243 e. The molecule has 26 heavy (non-hydrogen) atoms. The first kappa shape index (κ1) is 20.9. The molecule has 1 fully saturated rings. The van der Waals surface area contributed by atoms with Crippen LogP contribution in [0.15, 0.2) is 29.2 Å². The van der Waals surface area contributed by atoms with Gasteiger partial charge in [0.05, 0.1) is 25.5 Å². The molecule has 7 heteroatoms. The second kappa shape index (κ2) is 8.97. The smallest absolute Gasteiger partial charge is 0.243 e. The molecule has 0 radical (unpaired) electrons. The second-order valence-electron chi connectivity index (χ2n) is 7.75. The number of hydrogen-bond acceptors (Lipinski definition) is 3. The van der Waals surface area contributed by atoms with Crippen molar-refractivity contribution in [1.82, 2.24) is 9.62 Å². The van der Waals surface area contributed by atoms with Crippen molar-refractivity contribution in [2.24, 2.45) is 11.8 Å². The molecular weight excluding hydrogens is 350 g/mol. The van der Waals surface area contributed by atoms with Gasteiger partial charge in [0.15, 0.2) is 0 Å². The van der Waals surface area contributed by atoms with E-state index in [4.69, 9.17) is 0 Å². The fourth-order valence-corrected chi connectivity index (χ4v) is 4.88. The Kier molecular flexibility index (Phi) is 7.20. The fraction of sp³-hybridized carbons (Fsp3) is 0.632. The summed E-state index contributed by atoms with van der Waals surface area (Å²) in [6, 6.07) is 6.92. The van der Waals surface area contributed by atoms with Gasteiger partial charge >= 0.3 is 0 Å². The topological polar surface area (TPSA) is 70.9 Å². The molecule has 2 N–H and O–H groups in total. The van der Waals surface area contributed by atoms with E-state index in [1.807, 2.05) is 19.1 Å². The molecule has 0 spiro atoms. The number of carbonyl (C=O) groups excluding carboxylic acids is 1. The number of nitrogens with zero attached hydrogens (tertiary/aromatic N) is 1. The third-order valence-corrected chi connectivity index (χ3v) is 6.78. The molecule has 1 aromatic carbocycles. The van der Waals surface area contributed by atoms with Crippen molar-refractivity contribution in [3.63, 3.8) is 0 Å². The lowest BCUT2D eigenvalue weighted by Crippen LogP contribution is -3.06. The van der Waals surface area contributed by atoms with Gasteiger partial charge in [-0.25, -0.2) is 8.42 Å². The van der Waals surface area contributed by atoms with E-state index in [0.717, 1.165) is 12.1 Å². The lowest BCUT2D eigenvalue weighted by Gasteiger charge is -2.30. The molecule has 1 atom stereocenters. The van der Waals surface area contributed by atoms with Gasteiger partial charge in [0.2, 0.25) is 15.9 Å². The summed E-state index contributed by atoms with van der Waals surface area (Å²) in [4.78, 5) is 14.1. The lowest BCUT2D eigenvalue weighted by molar-refractivity contribution is -0.861. The quantitative estimate of drug-likeness (QED) is 0.712. The maximum atomic E-state index is 12.7. The summed E-state index contributed by atoms with van der Waals surface area (Å²) >= 11 is 0. The first-order valence-electron chi connectivity index (χ1n) is 9.33. The normalized spacial score (nSPS) is 18.0. The molecular formula is C19H32N3O3S+. The predicted molar refractivity (Wildman–Crippen MR) is 103 cm³/mol. The van der Waals surface area contributed by atoms with Gasteiger partial charge in [0.25, 0.3) is 0 Å². The standard InChI is InChI=1S/C19H31N3O3S/c1-15-5-7-18(8-6-15)26(24,25)22-11-9-17(10-12-22)19(23)20-13-16(2)14-21(3)4/h5-8,16-17H,9-14H2,1-4H3,(H,20,23)/p+1/t16-/m1/s1. The first-order valence-corrected chi connectivity index (χ1v) is 10.8. The summed E-state index contributed by atoms with van der Waals surface area (Å²) in [5.41, 5.74) is 1.03. The number of rotatable bonds is 7. The second-order valence-corrected chi connectivity index (χ2v) is 9.69. The highest BCUT2D eigenvalue weighted by molar-refractivity contribution is 7.89. The van der Waals surface area contributed by atoms with E-state index in [1.54, 1.807) is 12.1 Å². The Bertz CT molecular complexity index is 693. The minimum atomic E-state index is -3.47. The Morgan fingerprint density at radius 3 is 2.35 bits per heavy atom. The van der Waals surface area contributed by atoms with Gasteiger partial charge in [-0.15, -0.1) is 0 Å². The van der Waals surface area contributed by atoms with Gasteiger partial charge in [0, 0.05) is 31.5 Å². The number of quaternary nitrogens is 1. The third-order valence-electron chi connectivity index (χ3n) is 4.86. The lowest BCUT2D eigenvalue weighted by atomic mass is 9.97. The van der Waals surface area contributed by atoms with E-state index in [-0.39, 0.29) is 11.8 Å². The molecule has 1 aromatic rings. The van der Waals surface area contributed by atoms with Crippen molar-refractivity contribution in [3.8, 4) is 0 Å². The molecule has 0 aromatic heterocycles. The van der Waals surface area contributed by atoms with Crippen molar-refractivity contribution in [3.05, 3.63) is 29.8 Å². The zero-order valence-electron chi connectivity index (χ0n) is 16.3. The highest BCUT2D eigenvalue weighted by Gasteiger charge is 2.32. The summed E-state index contributed by atoms with van der Waals surface area (Å²) in [5.74, 6) is 0.377. The average molecular weight is 383 g/mol.